The van der Waals surface area contributed by atoms with Crippen LogP contribution in [0.4, 0.5) is 8.78 Å². The van der Waals surface area contributed by atoms with E-state index in [4.69, 9.17) is 0 Å². The zero-order chi connectivity index (χ0) is 10.8. The van der Waals surface area contributed by atoms with E-state index >= 15 is 0 Å². The van der Waals surface area contributed by atoms with E-state index in [-0.39, 0.29) is 5.56 Å². The molecule has 0 heterocycles. The van der Waals surface area contributed by atoms with Crippen molar-refractivity contribution in [2.24, 2.45) is 0 Å². The van der Waals surface area contributed by atoms with Crippen molar-refractivity contribution in [2.75, 3.05) is 7.11 Å². The Hall–Kier alpha value is -0.970. The topological polar surface area (TPSA) is 26.3 Å². The van der Waals surface area contributed by atoms with Crippen LogP contribution in [0.25, 0.3) is 0 Å². The Bertz CT molecular complexity index is 335. The van der Waals surface area contributed by atoms with Gasteiger partial charge in [-0.25, -0.2) is 4.79 Å². The summed E-state index contributed by atoms with van der Waals surface area (Å²) in [5.74, 6) is -5.14. The molecule has 1 aromatic carbocycles. The molecule has 0 N–H and O–H groups in total. The number of ether oxygens (including phenoxy) is 1. The van der Waals surface area contributed by atoms with Crippen molar-refractivity contribution in [3.8, 4) is 0 Å². The van der Waals surface area contributed by atoms with Crippen molar-refractivity contribution < 1.29 is 18.3 Å². The van der Waals surface area contributed by atoms with Crippen molar-refractivity contribution in [3.05, 3.63) is 34.3 Å². The summed E-state index contributed by atoms with van der Waals surface area (Å²) in [7, 11) is 0.926. The monoisotopic (exact) mass is 264 g/mol. The smallest absolute Gasteiger partial charge is 0.381 e. The number of benzene rings is 1. The van der Waals surface area contributed by atoms with Crippen molar-refractivity contribution in [1.29, 1.82) is 0 Å². The maximum absolute atomic E-state index is 13.2. The van der Waals surface area contributed by atoms with Crippen LogP contribution in [-0.4, -0.2) is 13.1 Å². The van der Waals surface area contributed by atoms with Crippen LogP contribution < -0.4 is 0 Å². The van der Waals surface area contributed by atoms with E-state index < -0.39 is 11.9 Å². The summed E-state index contributed by atoms with van der Waals surface area (Å²) in [4.78, 5) is 10.7. The van der Waals surface area contributed by atoms with Crippen LogP contribution in [0.2, 0.25) is 0 Å². The molecule has 0 fully saturated rings. The number of rotatable bonds is 2. The summed E-state index contributed by atoms with van der Waals surface area (Å²) in [6.07, 6.45) is 0. The lowest BCUT2D eigenvalue weighted by Crippen LogP contribution is -2.27. The standard InChI is InChI=1S/C9H7BrF2O2/c1-14-8(13)9(11,12)6-2-4-7(10)5-3-6/h2-5H,1H3. The second-order valence-electron chi connectivity index (χ2n) is 2.57. The molecule has 0 aliphatic carbocycles. The van der Waals surface area contributed by atoms with Gasteiger partial charge in [-0.15, -0.1) is 0 Å². The highest BCUT2D eigenvalue weighted by atomic mass is 79.9. The number of carbonyl (C=O) groups excluding carboxylic acids is 1. The van der Waals surface area contributed by atoms with Gasteiger partial charge >= 0.3 is 11.9 Å². The van der Waals surface area contributed by atoms with Gasteiger partial charge in [0.2, 0.25) is 0 Å². The molecule has 0 aliphatic heterocycles. The Morgan fingerprint density at radius 3 is 2.29 bits per heavy atom. The molecule has 1 rings (SSSR count). The predicted molar refractivity (Wildman–Crippen MR) is 50.1 cm³/mol. The highest BCUT2D eigenvalue weighted by molar-refractivity contribution is 9.10. The summed E-state index contributed by atoms with van der Waals surface area (Å²) in [5.41, 5.74) is -0.382. The summed E-state index contributed by atoms with van der Waals surface area (Å²) >= 11 is 3.11. The Morgan fingerprint density at radius 2 is 1.86 bits per heavy atom. The first-order chi connectivity index (χ1) is 6.48. The first-order valence-electron chi connectivity index (χ1n) is 3.70. The SMILES string of the molecule is COC(=O)C(F)(F)c1ccc(Br)cc1. The third kappa shape index (κ3) is 2.09. The third-order valence-corrected chi connectivity index (χ3v) is 2.18. The molecule has 0 aromatic heterocycles. The molecule has 76 valence electrons. The molecular weight excluding hydrogens is 258 g/mol. The summed E-state index contributed by atoms with van der Waals surface area (Å²) in [6.45, 7) is 0. The second kappa shape index (κ2) is 4.04. The molecule has 0 radical (unpaired) electrons. The first-order valence-corrected chi connectivity index (χ1v) is 4.50. The molecule has 0 unspecified atom stereocenters. The van der Waals surface area contributed by atoms with Gasteiger partial charge in [0.15, 0.2) is 0 Å². The number of hydrogen-bond acceptors (Lipinski definition) is 2. The van der Waals surface area contributed by atoms with Gasteiger partial charge in [-0.2, -0.15) is 8.78 Å². The molecule has 0 saturated carbocycles. The molecule has 2 nitrogen and oxygen atoms in total. The van der Waals surface area contributed by atoms with E-state index in [1.54, 1.807) is 0 Å². The van der Waals surface area contributed by atoms with Gasteiger partial charge < -0.3 is 4.74 Å². The van der Waals surface area contributed by atoms with Crippen LogP contribution in [0.15, 0.2) is 28.7 Å². The quantitative estimate of drug-likeness (QED) is 0.768. The Morgan fingerprint density at radius 1 is 1.36 bits per heavy atom. The van der Waals surface area contributed by atoms with E-state index in [0.29, 0.717) is 4.47 Å². The predicted octanol–water partition coefficient (Wildman–Crippen LogP) is 2.71. The number of alkyl halides is 2. The molecule has 1 aromatic rings. The minimum Gasteiger partial charge on any atom is -0.464 e. The zero-order valence-electron chi connectivity index (χ0n) is 7.26. The van der Waals surface area contributed by atoms with Crippen LogP contribution in [0, 0.1) is 0 Å². The molecule has 0 saturated heterocycles. The highest BCUT2D eigenvalue weighted by Gasteiger charge is 2.42. The fraction of sp³-hybridized carbons (Fsp3) is 0.222. The van der Waals surface area contributed by atoms with Gasteiger partial charge in [-0.05, 0) is 12.1 Å². The van der Waals surface area contributed by atoms with E-state index in [2.05, 4.69) is 20.7 Å². The van der Waals surface area contributed by atoms with Gasteiger partial charge in [-0.1, -0.05) is 28.1 Å². The van der Waals surface area contributed by atoms with Gasteiger partial charge in [0, 0.05) is 10.0 Å². The lowest BCUT2D eigenvalue weighted by atomic mass is 10.1. The van der Waals surface area contributed by atoms with E-state index in [1.807, 2.05) is 0 Å². The zero-order valence-corrected chi connectivity index (χ0v) is 8.85. The average Bonchev–Trinajstić information content (AvgIpc) is 2.17. The molecule has 0 atom stereocenters. The maximum atomic E-state index is 13.2. The molecule has 5 heteroatoms. The lowest BCUT2D eigenvalue weighted by Gasteiger charge is -2.13. The number of methoxy groups -OCH3 is 1. The minimum atomic E-state index is -3.59. The van der Waals surface area contributed by atoms with Crippen LogP contribution >= 0.6 is 15.9 Å². The summed E-state index contributed by atoms with van der Waals surface area (Å²) in [6, 6.07) is 5.21. The minimum absolute atomic E-state index is 0.382. The molecule has 14 heavy (non-hydrogen) atoms. The molecule has 0 spiro atoms. The fourth-order valence-corrected chi connectivity index (χ4v) is 1.17. The summed E-state index contributed by atoms with van der Waals surface area (Å²) in [5, 5.41) is 0. The van der Waals surface area contributed by atoms with Crippen molar-refractivity contribution in [3.63, 3.8) is 0 Å². The highest BCUT2D eigenvalue weighted by Crippen LogP contribution is 2.29. The lowest BCUT2D eigenvalue weighted by molar-refractivity contribution is -0.170. The van der Waals surface area contributed by atoms with Crippen LogP contribution in [0.1, 0.15) is 5.56 Å². The number of esters is 1. The maximum Gasteiger partial charge on any atom is 0.381 e. The fourth-order valence-electron chi connectivity index (χ4n) is 0.905. The van der Waals surface area contributed by atoms with Crippen molar-refractivity contribution >= 4 is 21.9 Å². The van der Waals surface area contributed by atoms with E-state index in [0.717, 1.165) is 7.11 Å². The molecule has 0 amide bonds. The molecule has 0 aliphatic rings. The Labute approximate surface area is 88.0 Å². The van der Waals surface area contributed by atoms with Gasteiger partial charge in [-0.3, -0.25) is 0 Å². The third-order valence-electron chi connectivity index (χ3n) is 1.65. The Kier molecular flexibility index (Phi) is 3.21. The number of hydrogen-bond donors (Lipinski definition) is 0. The summed E-state index contributed by atoms with van der Waals surface area (Å²) < 4.78 is 31.1. The van der Waals surface area contributed by atoms with Gasteiger partial charge in [0.1, 0.15) is 0 Å². The molecule has 0 bridgehead atoms. The normalized spacial score (nSPS) is 11.1. The van der Waals surface area contributed by atoms with Crippen LogP contribution in [0.5, 0.6) is 0 Å². The Balaban J connectivity index is 3.03. The van der Waals surface area contributed by atoms with Crippen molar-refractivity contribution in [2.45, 2.75) is 5.92 Å². The van der Waals surface area contributed by atoms with Crippen LogP contribution in [-0.2, 0) is 15.5 Å². The van der Waals surface area contributed by atoms with Crippen molar-refractivity contribution in [1.82, 2.24) is 0 Å². The van der Waals surface area contributed by atoms with E-state index in [9.17, 15) is 13.6 Å². The van der Waals surface area contributed by atoms with Gasteiger partial charge in [0.25, 0.3) is 0 Å². The van der Waals surface area contributed by atoms with Crippen LogP contribution in [0.3, 0.4) is 0 Å². The van der Waals surface area contributed by atoms with Gasteiger partial charge in [0.05, 0.1) is 7.11 Å². The van der Waals surface area contributed by atoms with E-state index in [1.165, 1.54) is 24.3 Å². The average molecular weight is 265 g/mol. The number of halogens is 3. The largest absolute Gasteiger partial charge is 0.464 e. The number of carbonyl (C=O) groups is 1. The molecular formula is C9H7BrF2O2. The second-order valence-corrected chi connectivity index (χ2v) is 3.49. The first kappa shape index (κ1) is 11.1.